The minimum Gasteiger partial charge on any atom is -0.481 e. The summed E-state index contributed by atoms with van der Waals surface area (Å²) in [5, 5.41) is 10.4. The molecule has 0 unspecified atom stereocenters. The predicted molar refractivity (Wildman–Crippen MR) is 127 cm³/mol. The highest BCUT2D eigenvalue weighted by Gasteiger charge is 2.00. The van der Waals surface area contributed by atoms with Crippen LogP contribution in [0.2, 0.25) is 0 Å². The summed E-state index contributed by atoms with van der Waals surface area (Å²) in [6.07, 6.45) is 19.8. The summed E-state index contributed by atoms with van der Waals surface area (Å²) in [4.78, 5) is 24.6. The van der Waals surface area contributed by atoms with E-state index < -0.39 is 5.97 Å². The van der Waals surface area contributed by atoms with Crippen LogP contribution in [0.25, 0.3) is 0 Å². The molecule has 0 rings (SSSR count). The van der Waals surface area contributed by atoms with Crippen molar-refractivity contribution in [1.82, 2.24) is 5.32 Å². The number of hydrogen-bond acceptors (Lipinski definition) is 3. The van der Waals surface area contributed by atoms with Crippen LogP contribution < -0.4 is 16.8 Å². The number of guanidine groups is 1. The van der Waals surface area contributed by atoms with Crippen LogP contribution >= 0.6 is 0 Å². The van der Waals surface area contributed by atoms with E-state index in [0.29, 0.717) is 13.0 Å². The second-order valence-electron chi connectivity index (χ2n) is 7.88. The van der Waals surface area contributed by atoms with Gasteiger partial charge in [-0.15, -0.1) is 0 Å². The van der Waals surface area contributed by atoms with Crippen molar-refractivity contribution in [2.45, 2.75) is 117 Å². The van der Waals surface area contributed by atoms with Crippen LogP contribution in [-0.2, 0) is 9.59 Å². The third-order valence-corrected chi connectivity index (χ3v) is 4.71. The van der Waals surface area contributed by atoms with Gasteiger partial charge in [0.1, 0.15) is 0 Å². The number of carbonyl (C=O) groups is 2. The molecular weight excluding hydrogens is 380 g/mol. The van der Waals surface area contributed by atoms with Crippen molar-refractivity contribution in [3.63, 3.8) is 0 Å². The first kappa shape index (κ1) is 30.4. The van der Waals surface area contributed by atoms with Crippen molar-refractivity contribution in [1.29, 1.82) is 0 Å². The van der Waals surface area contributed by atoms with Gasteiger partial charge in [0, 0.05) is 26.4 Å². The van der Waals surface area contributed by atoms with E-state index in [0.717, 1.165) is 32.7 Å². The molecule has 0 saturated heterocycles. The zero-order chi connectivity index (χ0) is 22.9. The predicted octanol–water partition coefficient (Wildman–Crippen LogP) is 4.73. The number of hydrogen-bond donors (Lipinski definition) is 4. The van der Waals surface area contributed by atoms with Crippen molar-refractivity contribution in [2.75, 3.05) is 13.1 Å². The van der Waals surface area contributed by atoms with Gasteiger partial charge >= 0.3 is 0 Å². The lowest BCUT2D eigenvalue weighted by Gasteiger charge is -2.05. The highest BCUT2D eigenvalue weighted by Crippen LogP contribution is 2.12. The lowest BCUT2D eigenvalue weighted by Crippen LogP contribution is -2.24. The fraction of sp³-hybridized carbons (Fsp3) is 0.870. The molecule has 178 valence electrons. The van der Waals surface area contributed by atoms with E-state index in [1.54, 1.807) is 0 Å². The number of amides is 1. The Morgan fingerprint density at radius 3 is 1.63 bits per heavy atom. The van der Waals surface area contributed by atoms with Crippen molar-refractivity contribution in [3.8, 4) is 0 Å². The first-order chi connectivity index (χ1) is 14.4. The number of unbranched alkanes of at least 4 members (excludes halogenated alkanes) is 13. The van der Waals surface area contributed by atoms with Crippen molar-refractivity contribution >= 4 is 17.8 Å². The van der Waals surface area contributed by atoms with Crippen LogP contribution in [0, 0.1) is 0 Å². The number of nitrogens with zero attached hydrogens (tertiary/aromatic N) is 1. The number of carboxylic acids is 1. The molecule has 0 aliphatic carbocycles. The number of aliphatic imine (C=N–C) groups is 1. The second kappa shape index (κ2) is 25.2. The zero-order valence-electron chi connectivity index (χ0n) is 19.6. The number of nitrogens with two attached hydrogens (primary N) is 2. The van der Waals surface area contributed by atoms with Gasteiger partial charge in [0.15, 0.2) is 5.96 Å². The molecule has 0 atom stereocenters. The smallest absolute Gasteiger partial charge is 0.300 e. The minimum absolute atomic E-state index is 0.136. The van der Waals surface area contributed by atoms with E-state index in [1.165, 1.54) is 77.0 Å². The van der Waals surface area contributed by atoms with Crippen LogP contribution in [0.15, 0.2) is 4.99 Å². The first-order valence-corrected chi connectivity index (χ1v) is 11.9. The molecule has 7 heteroatoms. The molecule has 0 spiro atoms. The van der Waals surface area contributed by atoms with Gasteiger partial charge in [0.2, 0.25) is 5.91 Å². The zero-order valence-corrected chi connectivity index (χ0v) is 19.6. The Kier molecular flexibility index (Phi) is 25.6. The Balaban J connectivity index is 0. The molecular formula is C23H48N4O3. The van der Waals surface area contributed by atoms with E-state index in [9.17, 15) is 4.79 Å². The molecule has 0 fully saturated rings. The van der Waals surface area contributed by atoms with Crippen molar-refractivity contribution in [3.05, 3.63) is 0 Å². The number of nitrogens with one attached hydrogen (secondary N) is 1. The van der Waals surface area contributed by atoms with Gasteiger partial charge in [-0.1, -0.05) is 84.0 Å². The van der Waals surface area contributed by atoms with Crippen LogP contribution in [-0.4, -0.2) is 36.0 Å². The largest absolute Gasteiger partial charge is 0.481 e. The van der Waals surface area contributed by atoms with E-state index in [1.807, 2.05) is 0 Å². The van der Waals surface area contributed by atoms with E-state index in [2.05, 4.69) is 17.2 Å². The molecule has 0 aromatic heterocycles. The Morgan fingerprint density at radius 2 is 1.20 bits per heavy atom. The Labute approximate surface area is 184 Å². The molecule has 1 amide bonds. The maximum atomic E-state index is 11.7. The highest BCUT2D eigenvalue weighted by atomic mass is 16.4. The van der Waals surface area contributed by atoms with Gasteiger partial charge in [-0.05, 0) is 19.3 Å². The third-order valence-electron chi connectivity index (χ3n) is 4.71. The van der Waals surface area contributed by atoms with Gasteiger partial charge in [-0.25, -0.2) is 0 Å². The molecule has 0 saturated carbocycles. The summed E-state index contributed by atoms with van der Waals surface area (Å²) >= 11 is 0. The molecule has 0 aromatic carbocycles. The van der Waals surface area contributed by atoms with Gasteiger partial charge in [-0.3, -0.25) is 14.6 Å². The summed E-state index contributed by atoms with van der Waals surface area (Å²) in [6, 6.07) is 0. The van der Waals surface area contributed by atoms with Crippen LogP contribution in [0.3, 0.4) is 0 Å². The maximum absolute atomic E-state index is 11.7. The molecule has 6 N–H and O–H groups in total. The molecule has 0 aromatic rings. The maximum Gasteiger partial charge on any atom is 0.300 e. The third kappa shape index (κ3) is 33.8. The Hall–Kier alpha value is -1.79. The lowest BCUT2D eigenvalue weighted by atomic mass is 10.0. The lowest BCUT2D eigenvalue weighted by molar-refractivity contribution is -0.134. The number of rotatable bonds is 19. The molecule has 0 radical (unpaired) electrons. The normalized spacial score (nSPS) is 10.1. The summed E-state index contributed by atoms with van der Waals surface area (Å²) in [6.45, 7) is 4.71. The van der Waals surface area contributed by atoms with E-state index in [-0.39, 0.29) is 11.9 Å². The van der Waals surface area contributed by atoms with Crippen LogP contribution in [0.1, 0.15) is 117 Å². The Morgan fingerprint density at radius 1 is 0.767 bits per heavy atom. The van der Waals surface area contributed by atoms with Gasteiger partial charge in [0.05, 0.1) is 0 Å². The second-order valence-corrected chi connectivity index (χ2v) is 7.88. The van der Waals surface area contributed by atoms with Crippen LogP contribution in [0.5, 0.6) is 0 Å². The highest BCUT2D eigenvalue weighted by molar-refractivity contribution is 5.76. The molecule has 0 aliphatic rings. The summed E-state index contributed by atoms with van der Waals surface area (Å²) in [7, 11) is 0. The van der Waals surface area contributed by atoms with Gasteiger partial charge in [-0.2, -0.15) is 0 Å². The number of aliphatic carboxylic acids is 1. The molecule has 30 heavy (non-hydrogen) atoms. The average molecular weight is 429 g/mol. The van der Waals surface area contributed by atoms with E-state index in [4.69, 9.17) is 21.4 Å². The molecule has 7 nitrogen and oxygen atoms in total. The number of carbonyl (C=O) groups excluding carboxylic acids is 1. The number of carboxylic acid groups (broad SMARTS) is 1. The van der Waals surface area contributed by atoms with Crippen molar-refractivity contribution in [2.24, 2.45) is 16.5 Å². The summed E-state index contributed by atoms with van der Waals surface area (Å²) in [5.41, 5.74) is 10.5. The van der Waals surface area contributed by atoms with Gasteiger partial charge < -0.3 is 21.9 Å². The fourth-order valence-electron chi connectivity index (χ4n) is 3.06. The van der Waals surface area contributed by atoms with Crippen molar-refractivity contribution < 1.29 is 14.7 Å². The topological polar surface area (TPSA) is 131 Å². The standard InChI is InChI=1S/C21H44N4O.C2H4O2/c1-2-3-4-5-6-7-8-9-10-11-12-13-14-17-20(26)24-18-15-16-19-25-21(22)23;1-2(3)4/h2-19H2,1H3,(H,24,26)(H4,22,23,25);1H3,(H,3,4). The van der Waals surface area contributed by atoms with E-state index >= 15 is 0 Å². The first-order valence-electron chi connectivity index (χ1n) is 11.9. The monoisotopic (exact) mass is 428 g/mol. The van der Waals surface area contributed by atoms with Crippen LogP contribution in [0.4, 0.5) is 0 Å². The summed E-state index contributed by atoms with van der Waals surface area (Å²) < 4.78 is 0. The van der Waals surface area contributed by atoms with Gasteiger partial charge in [0.25, 0.3) is 5.97 Å². The Bertz CT molecular complexity index is 421. The minimum atomic E-state index is -0.833. The quantitative estimate of drug-likeness (QED) is 0.134. The SMILES string of the molecule is CC(=O)O.CCCCCCCCCCCCCCCC(=O)NCCCCN=C(N)N. The molecule has 0 heterocycles. The molecule has 0 bridgehead atoms. The fourth-order valence-corrected chi connectivity index (χ4v) is 3.06. The summed E-state index contributed by atoms with van der Waals surface area (Å²) in [5.74, 6) is -0.522. The average Bonchev–Trinajstić information content (AvgIpc) is 2.67. The molecule has 0 aliphatic heterocycles.